The summed E-state index contributed by atoms with van der Waals surface area (Å²) in [5, 5.41) is 3.35. The van der Waals surface area contributed by atoms with E-state index in [9.17, 15) is 0 Å². The summed E-state index contributed by atoms with van der Waals surface area (Å²) in [7, 11) is 1.68. The predicted octanol–water partition coefficient (Wildman–Crippen LogP) is 1.60. The molecule has 0 saturated carbocycles. The molecule has 0 radical (unpaired) electrons. The molecular weight excluding hydrogens is 254 g/mol. The van der Waals surface area contributed by atoms with Crippen LogP contribution in [0.15, 0.2) is 36.8 Å². The van der Waals surface area contributed by atoms with E-state index in [0.29, 0.717) is 0 Å². The van der Waals surface area contributed by atoms with E-state index in [1.54, 1.807) is 7.11 Å². The third-order valence-electron chi connectivity index (χ3n) is 3.51. The van der Waals surface area contributed by atoms with E-state index in [-0.39, 0.29) is 6.10 Å². The number of nitrogens with zero attached hydrogens (tertiary/aromatic N) is 2. The number of ether oxygens (including phenoxy) is 2. The molecule has 106 valence electrons. The van der Waals surface area contributed by atoms with E-state index in [0.717, 1.165) is 37.7 Å². The van der Waals surface area contributed by atoms with E-state index in [4.69, 9.17) is 9.47 Å². The molecule has 1 saturated heterocycles. The Balaban J connectivity index is 1.75. The molecule has 2 heterocycles. The molecule has 0 bridgehead atoms. The van der Waals surface area contributed by atoms with Gasteiger partial charge in [0, 0.05) is 19.6 Å². The molecule has 5 heteroatoms. The SMILES string of the molecule is COc1ccc(Cn2cncc2C2CNCCO2)cc1. The third kappa shape index (κ3) is 2.84. The van der Waals surface area contributed by atoms with Crippen LogP contribution >= 0.6 is 0 Å². The zero-order valence-electron chi connectivity index (χ0n) is 11.6. The fourth-order valence-electron chi connectivity index (χ4n) is 2.41. The summed E-state index contributed by atoms with van der Waals surface area (Å²) in [5.41, 5.74) is 2.34. The van der Waals surface area contributed by atoms with Crippen molar-refractivity contribution in [3.63, 3.8) is 0 Å². The average molecular weight is 273 g/mol. The molecule has 1 aromatic carbocycles. The van der Waals surface area contributed by atoms with Crippen LogP contribution in [0, 0.1) is 0 Å². The normalized spacial score (nSPS) is 18.9. The fraction of sp³-hybridized carbons (Fsp3) is 0.400. The quantitative estimate of drug-likeness (QED) is 0.919. The van der Waals surface area contributed by atoms with Crippen molar-refractivity contribution < 1.29 is 9.47 Å². The van der Waals surface area contributed by atoms with Gasteiger partial charge < -0.3 is 19.4 Å². The molecule has 0 aliphatic carbocycles. The maximum absolute atomic E-state index is 5.79. The summed E-state index contributed by atoms with van der Waals surface area (Å²) < 4.78 is 13.1. The van der Waals surface area contributed by atoms with Gasteiger partial charge in [0.05, 0.1) is 31.9 Å². The van der Waals surface area contributed by atoms with Crippen molar-refractivity contribution in [3.8, 4) is 5.75 Å². The van der Waals surface area contributed by atoms with Crippen LogP contribution in [-0.4, -0.2) is 36.4 Å². The standard InChI is InChI=1S/C15H19N3O2/c1-19-13-4-2-12(3-5-13)10-18-11-17-8-14(18)15-9-16-6-7-20-15/h2-5,8,11,15-16H,6-7,9-10H2,1H3. The van der Waals surface area contributed by atoms with Gasteiger partial charge in [0.25, 0.3) is 0 Å². The molecule has 1 N–H and O–H groups in total. The maximum Gasteiger partial charge on any atom is 0.118 e. The second-order valence-electron chi connectivity index (χ2n) is 4.86. The minimum Gasteiger partial charge on any atom is -0.497 e. The summed E-state index contributed by atoms with van der Waals surface area (Å²) in [5.74, 6) is 0.874. The lowest BCUT2D eigenvalue weighted by Crippen LogP contribution is -2.34. The highest BCUT2D eigenvalue weighted by atomic mass is 16.5. The highest BCUT2D eigenvalue weighted by molar-refractivity contribution is 5.27. The van der Waals surface area contributed by atoms with Gasteiger partial charge in [-0.2, -0.15) is 0 Å². The molecule has 20 heavy (non-hydrogen) atoms. The van der Waals surface area contributed by atoms with Crippen LogP contribution in [0.25, 0.3) is 0 Å². The Kier molecular flexibility index (Phi) is 3.99. The van der Waals surface area contributed by atoms with Crippen molar-refractivity contribution >= 4 is 0 Å². The summed E-state index contributed by atoms with van der Waals surface area (Å²) >= 11 is 0. The van der Waals surface area contributed by atoms with Gasteiger partial charge in [-0.15, -0.1) is 0 Å². The van der Waals surface area contributed by atoms with Crippen molar-refractivity contribution in [2.24, 2.45) is 0 Å². The molecule has 1 unspecified atom stereocenters. The lowest BCUT2D eigenvalue weighted by molar-refractivity contribution is 0.0230. The van der Waals surface area contributed by atoms with Crippen molar-refractivity contribution in [1.29, 1.82) is 0 Å². The molecule has 2 aromatic rings. The van der Waals surface area contributed by atoms with Crippen molar-refractivity contribution in [1.82, 2.24) is 14.9 Å². The van der Waals surface area contributed by atoms with E-state index < -0.39 is 0 Å². The minimum absolute atomic E-state index is 0.0875. The smallest absolute Gasteiger partial charge is 0.118 e. The molecule has 3 rings (SSSR count). The average Bonchev–Trinajstić information content (AvgIpc) is 2.97. The van der Waals surface area contributed by atoms with Crippen LogP contribution in [0.3, 0.4) is 0 Å². The monoisotopic (exact) mass is 273 g/mol. The van der Waals surface area contributed by atoms with Gasteiger partial charge in [0.2, 0.25) is 0 Å². The first kappa shape index (κ1) is 13.1. The largest absolute Gasteiger partial charge is 0.497 e. The highest BCUT2D eigenvalue weighted by Gasteiger charge is 2.19. The van der Waals surface area contributed by atoms with E-state index >= 15 is 0 Å². The van der Waals surface area contributed by atoms with Crippen LogP contribution in [0.2, 0.25) is 0 Å². The summed E-state index contributed by atoms with van der Waals surface area (Å²) in [6.07, 6.45) is 3.84. The Bertz CT molecular complexity index is 545. The lowest BCUT2D eigenvalue weighted by atomic mass is 10.2. The Labute approximate surface area is 118 Å². The van der Waals surface area contributed by atoms with E-state index in [2.05, 4.69) is 27.0 Å². The number of methoxy groups -OCH3 is 1. The van der Waals surface area contributed by atoms with Gasteiger partial charge >= 0.3 is 0 Å². The fourth-order valence-corrected chi connectivity index (χ4v) is 2.41. The number of morpholine rings is 1. The number of hydrogen-bond donors (Lipinski definition) is 1. The molecule has 0 amide bonds. The van der Waals surface area contributed by atoms with Crippen LogP contribution in [0.4, 0.5) is 0 Å². The van der Waals surface area contributed by atoms with Gasteiger partial charge in [-0.05, 0) is 17.7 Å². The Morgan fingerprint density at radius 2 is 2.25 bits per heavy atom. The number of hydrogen-bond acceptors (Lipinski definition) is 4. The van der Waals surface area contributed by atoms with Crippen LogP contribution in [0.5, 0.6) is 5.75 Å². The second-order valence-corrected chi connectivity index (χ2v) is 4.86. The molecule has 1 aliphatic heterocycles. The van der Waals surface area contributed by atoms with Gasteiger partial charge in [0.1, 0.15) is 11.9 Å². The molecule has 1 atom stereocenters. The first-order valence-corrected chi connectivity index (χ1v) is 6.82. The van der Waals surface area contributed by atoms with E-state index in [1.165, 1.54) is 5.56 Å². The minimum atomic E-state index is 0.0875. The topological polar surface area (TPSA) is 48.3 Å². The van der Waals surface area contributed by atoms with Gasteiger partial charge in [-0.25, -0.2) is 4.98 Å². The number of nitrogens with one attached hydrogen (secondary N) is 1. The van der Waals surface area contributed by atoms with Crippen molar-refractivity contribution in [2.45, 2.75) is 12.6 Å². The molecular formula is C15H19N3O2. The number of imidazole rings is 1. The number of aromatic nitrogens is 2. The maximum atomic E-state index is 5.79. The van der Waals surface area contributed by atoms with E-state index in [1.807, 2.05) is 24.7 Å². The molecule has 1 fully saturated rings. The lowest BCUT2D eigenvalue weighted by Gasteiger charge is -2.24. The predicted molar refractivity (Wildman–Crippen MR) is 75.9 cm³/mol. The summed E-state index contributed by atoms with van der Waals surface area (Å²) in [6.45, 7) is 3.30. The number of benzene rings is 1. The highest BCUT2D eigenvalue weighted by Crippen LogP contribution is 2.20. The second kappa shape index (κ2) is 6.07. The first-order chi connectivity index (χ1) is 9.86. The van der Waals surface area contributed by atoms with Crippen molar-refractivity contribution in [2.75, 3.05) is 26.8 Å². The molecule has 1 aliphatic rings. The molecule has 1 aromatic heterocycles. The van der Waals surface area contributed by atoms with Crippen LogP contribution in [-0.2, 0) is 11.3 Å². The third-order valence-corrected chi connectivity index (χ3v) is 3.51. The zero-order chi connectivity index (χ0) is 13.8. The van der Waals surface area contributed by atoms with Crippen LogP contribution < -0.4 is 10.1 Å². The van der Waals surface area contributed by atoms with Gasteiger partial charge in [0.15, 0.2) is 0 Å². The van der Waals surface area contributed by atoms with Crippen LogP contribution in [0.1, 0.15) is 17.4 Å². The zero-order valence-corrected chi connectivity index (χ0v) is 11.6. The Hall–Kier alpha value is -1.85. The molecule has 0 spiro atoms. The summed E-state index contributed by atoms with van der Waals surface area (Å²) in [6, 6.07) is 8.10. The Morgan fingerprint density at radius 3 is 2.95 bits per heavy atom. The molecule has 5 nitrogen and oxygen atoms in total. The van der Waals surface area contributed by atoms with Gasteiger partial charge in [-0.3, -0.25) is 0 Å². The van der Waals surface area contributed by atoms with Gasteiger partial charge in [-0.1, -0.05) is 12.1 Å². The first-order valence-electron chi connectivity index (χ1n) is 6.82. The Morgan fingerprint density at radius 1 is 1.40 bits per heavy atom. The van der Waals surface area contributed by atoms with Crippen molar-refractivity contribution in [3.05, 3.63) is 48.0 Å². The number of rotatable bonds is 4. The summed E-state index contributed by atoms with van der Waals surface area (Å²) in [4.78, 5) is 4.26.